The summed E-state index contributed by atoms with van der Waals surface area (Å²) in [5, 5.41) is 5.22. The number of aromatic nitrogens is 1. The molecular formula is C28H30N4O2S. The topological polar surface area (TPSA) is 68.1 Å². The monoisotopic (exact) mass is 486 g/mol. The molecule has 4 rings (SSSR count). The Labute approximate surface area is 210 Å². The zero-order valence-corrected chi connectivity index (χ0v) is 20.9. The van der Waals surface area contributed by atoms with Gasteiger partial charge in [-0.15, -0.1) is 11.3 Å². The molecule has 6 nitrogen and oxygen atoms in total. The summed E-state index contributed by atoms with van der Waals surface area (Å²) in [7, 11) is 1.65. The molecule has 0 aliphatic heterocycles. The molecule has 35 heavy (non-hydrogen) atoms. The van der Waals surface area contributed by atoms with Gasteiger partial charge in [-0.05, 0) is 54.4 Å². The van der Waals surface area contributed by atoms with Crippen LogP contribution in [0.15, 0.2) is 82.9 Å². The minimum absolute atomic E-state index is 0.590. The number of fused-ring (bicyclic) bond motifs is 1. The zero-order chi connectivity index (χ0) is 24.3. The van der Waals surface area contributed by atoms with Crippen LogP contribution in [-0.2, 0) is 0 Å². The van der Waals surface area contributed by atoms with Crippen LogP contribution in [0.5, 0.6) is 11.5 Å². The quantitative estimate of drug-likeness (QED) is 0.108. The Morgan fingerprint density at radius 1 is 0.971 bits per heavy atom. The fraction of sp³-hybridized carbons (Fsp3) is 0.250. The number of hydrogen-bond acceptors (Lipinski definition) is 6. The van der Waals surface area contributed by atoms with Crippen molar-refractivity contribution < 1.29 is 9.47 Å². The van der Waals surface area contributed by atoms with E-state index >= 15 is 0 Å². The van der Waals surface area contributed by atoms with Gasteiger partial charge in [0.1, 0.15) is 0 Å². The van der Waals surface area contributed by atoms with Gasteiger partial charge in [0.2, 0.25) is 0 Å². The van der Waals surface area contributed by atoms with Gasteiger partial charge in [-0.3, -0.25) is 5.43 Å². The Hall–Kier alpha value is -3.71. The van der Waals surface area contributed by atoms with Gasteiger partial charge in [-0.2, -0.15) is 5.10 Å². The summed E-state index contributed by atoms with van der Waals surface area (Å²) in [5.74, 6) is 2.02. The number of rotatable bonds is 11. The number of hydrazone groups is 1. The minimum atomic E-state index is 0.590. The third-order valence-electron chi connectivity index (χ3n) is 5.32. The van der Waals surface area contributed by atoms with E-state index in [2.05, 4.69) is 23.5 Å². The number of aliphatic imine (C=N–C) groups is 1. The highest BCUT2D eigenvalue weighted by molar-refractivity contribution is 7.20. The van der Waals surface area contributed by atoms with Crippen molar-refractivity contribution in [1.29, 1.82) is 0 Å². The van der Waals surface area contributed by atoms with Crippen LogP contribution in [0.4, 0.5) is 5.69 Å². The van der Waals surface area contributed by atoms with Gasteiger partial charge in [-0.1, -0.05) is 56.5 Å². The third-order valence-corrected chi connectivity index (χ3v) is 6.36. The van der Waals surface area contributed by atoms with Gasteiger partial charge in [0.15, 0.2) is 22.3 Å². The van der Waals surface area contributed by atoms with E-state index in [0.29, 0.717) is 18.2 Å². The van der Waals surface area contributed by atoms with E-state index in [1.54, 1.807) is 24.7 Å². The largest absolute Gasteiger partial charge is 0.493 e. The molecule has 0 saturated heterocycles. The van der Waals surface area contributed by atoms with Crippen LogP contribution in [0.1, 0.15) is 43.2 Å². The smallest absolute Gasteiger partial charge is 0.183 e. The van der Waals surface area contributed by atoms with E-state index in [1.807, 2.05) is 66.7 Å². The van der Waals surface area contributed by atoms with E-state index < -0.39 is 0 Å². The second-order valence-electron chi connectivity index (χ2n) is 7.97. The molecule has 0 aliphatic rings. The lowest BCUT2D eigenvalue weighted by atomic mass is 10.2. The summed E-state index contributed by atoms with van der Waals surface area (Å²) in [6.07, 6.45) is 6.40. The normalized spacial score (nSPS) is 11.8. The number of amidine groups is 1. The molecule has 7 heteroatoms. The molecule has 0 fully saturated rings. The van der Waals surface area contributed by atoms with E-state index in [4.69, 9.17) is 19.5 Å². The number of hydrogen-bond donors (Lipinski definition) is 1. The fourth-order valence-electron chi connectivity index (χ4n) is 3.49. The van der Waals surface area contributed by atoms with Gasteiger partial charge < -0.3 is 9.47 Å². The van der Waals surface area contributed by atoms with Crippen LogP contribution in [0, 0.1) is 0 Å². The maximum absolute atomic E-state index is 5.91. The highest BCUT2D eigenvalue weighted by Gasteiger charge is 2.11. The summed E-state index contributed by atoms with van der Waals surface area (Å²) >= 11 is 1.58. The van der Waals surface area contributed by atoms with Crippen LogP contribution in [0.2, 0.25) is 0 Å². The van der Waals surface area contributed by atoms with E-state index in [1.165, 1.54) is 19.3 Å². The van der Waals surface area contributed by atoms with Crippen molar-refractivity contribution in [3.05, 3.63) is 83.4 Å². The first-order valence-electron chi connectivity index (χ1n) is 11.9. The second kappa shape index (κ2) is 12.7. The second-order valence-corrected chi connectivity index (χ2v) is 9.00. The van der Waals surface area contributed by atoms with Gasteiger partial charge in [-0.25, -0.2) is 9.98 Å². The van der Waals surface area contributed by atoms with Crippen molar-refractivity contribution in [2.24, 2.45) is 10.1 Å². The molecule has 3 aromatic carbocycles. The van der Waals surface area contributed by atoms with Gasteiger partial charge >= 0.3 is 0 Å². The van der Waals surface area contributed by atoms with Gasteiger partial charge in [0.25, 0.3) is 0 Å². The van der Waals surface area contributed by atoms with Crippen LogP contribution < -0.4 is 14.9 Å². The number of para-hydroxylation sites is 2. The number of thiazole rings is 1. The Bertz CT molecular complexity index is 1250. The minimum Gasteiger partial charge on any atom is -0.493 e. The number of unbranched alkanes of at least 4 members (excludes halogenated alkanes) is 3. The average Bonchev–Trinajstić information content (AvgIpc) is 3.33. The molecule has 0 unspecified atom stereocenters. The number of ether oxygens (including phenoxy) is 2. The maximum Gasteiger partial charge on any atom is 0.183 e. The molecule has 1 N–H and O–H groups in total. The summed E-state index contributed by atoms with van der Waals surface area (Å²) in [5.41, 5.74) is 5.74. The molecule has 0 radical (unpaired) electrons. The number of nitrogens with zero attached hydrogens (tertiary/aromatic N) is 3. The van der Waals surface area contributed by atoms with E-state index in [0.717, 1.165) is 38.6 Å². The summed E-state index contributed by atoms with van der Waals surface area (Å²) in [4.78, 5) is 9.49. The molecule has 180 valence electrons. The van der Waals surface area contributed by atoms with Crippen molar-refractivity contribution in [3.63, 3.8) is 0 Å². The lowest BCUT2D eigenvalue weighted by Gasteiger charge is -2.11. The van der Waals surface area contributed by atoms with Crippen molar-refractivity contribution in [2.45, 2.75) is 32.6 Å². The Kier molecular flexibility index (Phi) is 8.84. The van der Waals surface area contributed by atoms with Crippen LogP contribution >= 0.6 is 11.3 Å². The maximum atomic E-state index is 5.91. The molecule has 0 spiro atoms. The Morgan fingerprint density at radius 3 is 2.60 bits per heavy atom. The predicted molar refractivity (Wildman–Crippen MR) is 146 cm³/mol. The molecule has 0 aliphatic carbocycles. The van der Waals surface area contributed by atoms with Crippen molar-refractivity contribution in [3.8, 4) is 11.5 Å². The van der Waals surface area contributed by atoms with Crippen molar-refractivity contribution in [1.82, 2.24) is 10.4 Å². The predicted octanol–water partition coefficient (Wildman–Crippen LogP) is 6.97. The molecule has 0 amide bonds. The first-order chi connectivity index (χ1) is 17.3. The molecule has 0 bridgehead atoms. The lowest BCUT2D eigenvalue weighted by Crippen LogP contribution is -2.18. The van der Waals surface area contributed by atoms with Crippen molar-refractivity contribution in [2.75, 3.05) is 13.7 Å². The number of methoxy groups -OCH3 is 1. The Morgan fingerprint density at radius 2 is 1.80 bits per heavy atom. The third kappa shape index (κ3) is 6.90. The molecule has 1 aromatic heterocycles. The van der Waals surface area contributed by atoms with Crippen LogP contribution in [-0.4, -0.2) is 30.8 Å². The molecule has 4 aromatic rings. The fourth-order valence-corrected chi connectivity index (χ4v) is 4.39. The zero-order valence-electron chi connectivity index (χ0n) is 20.1. The molecule has 1 heterocycles. The van der Waals surface area contributed by atoms with Gasteiger partial charge in [0, 0.05) is 0 Å². The SMILES string of the molecule is CCCCCCOc1ccc(/C=N/NC(=Nc2ccccc2)c2nc3ccccc3s2)cc1OC. The van der Waals surface area contributed by atoms with E-state index in [9.17, 15) is 0 Å². The Balaban J connectivity index is 1.49. The molecular weight excluding hydrogens is 456 g/mol. The molecule has 0 atom stereocenters. The summed E-state index contributed by atoms with van der Waals surface area (Å²) < 4.78 is 12.5. The highest BCUT2D eigenvalue weighted by atomic mass is 32.1. The summed E-state index contributed by atoms with van der Waals surface area (Å²) in [6.45, 7) is 2.89. The number of benzene rings is 3. The highest BCUT2D eigenvalue weighted by Crippen LogP contribution is 2.28. The first-order valence-corrected chi connectivity index (χ1v) is 12.7. The average molecular weight is 487 g/mol. The van der Waals surface area contributed by atoms with Gasteiger partial charge in [0.05, 0.1) is 35.8 Å². The first kappa shape index (κ1) is 24.4. The molecule has 0 saturated carbocycles. The summed E-state index contributed by atoms with van der Waals surface area (Å²) in [6, 6.07) is 23.6. The standard InChI is InChI=1S/C28H30N4O2S/c1-3-4-5-11-18-34-24-17-16-21(19-25(24)33-2)20-29-32-27(30-22-12-7-6-8-13-22)28-31-23-14-9-10-15-26(23)35-28/h6-10,12-17,19-20H,3-5,11,18H2,1-2H3,(H,30,32)/b29-20+. The van der Waals surface area contributed by atoms with Crippen LogP contribution in [0.3, 0.4) is 0 Å². The van der Waals surface area contributed by atoms with Crippen LogP contribution in [0.25, 0.3) is 10.2 Å². The lowest BCUT2D eigenvalue weighted by molar-refractivity contribution is 0.285. The van der Waals surface area contributed by atoms with E-state index in [-0.39, 0.29) is 0 Å². The van der Waals surface area contributed by atoms with Crippen molar-refractivity contribution >= 4 is 39.3 Å². The number of nitrogens with one attached hydrogen (secondary N) is 1.